The van der Waals surface area contributed by atoms with Crippen molar-refractivity contribution < 1.29 is 14.3 Å². The van der Waals surface area contributed by atoms with Gasteiger partial charge >= 0.3 is 5.97 Å². The highest BCUT2D eigenvalue weighted by Gasteiger charge is 2.34. The summed E-state index contributed by atoms with van der Waals surface area (Å²) in [5.41, 5.74) is 0. The first kappa shape index (κ1) is 13.0. The average molecular weight is 228 g/mol. The number of hydrogen-bond acceptors (Lipinski definition) is 4. The van der Waals surface area contributed by atoms with Crippen LogP contribution in [0.3, 0.4) is 0 Å². The predicted octanol–water partition coefficient (Wildman–Crippen LogP) is 0.148. The summed E-state index contributed by atoms with van der Waals surface area (Å²) in [6.07, 6.45) is 2.81. The summed E-state index contributed by atoms with van der Waals surface area (Å²) >= 11 is 0. The van der Waals surface area contributed by atoms with E-state index in [1.54, 1.807) is 7.05 Å². The SMILES string of the molecule is CNC(=O)C(C)N1CCCC[C@@H]1C(=O)OC. The highest BCUT2D eigenvalue weighted by molar-refractivity contribution is 5.82. The van der Waals surface area contributed by atoms with Crippen molar-refractivity contribution in [3.05, 3.63) is 0 Å². The Bertz CT molecular complexity index is 268. The van der Waals surface area contributed by atoms with Crippen LogP contribution in [0.2, 0.25) is 0 Å². The highest BCUT2D eigenvalue weighted by Crippen LogP contribution is 2.20. The molecule has 0 aromatic carbocycles. The van der Waals surface area contributed by atoms with Crippen molar-refractivity contribution >= 4 is 11.9 Å². The third-order valence-corrected chi connectivity index (χ3v) is 3.14. The number of piperidine rings is 1. The van der Waals surface area contributed by atoms with Gasteiger partial charge < -0.3 is 10.1 Å². The lowest BCUT2D eigenvalue weighted by Gasteiger charge is -2.37. The van der Waals surface area contributed by atoms with E-state index >= 15 is 0 Å². The Morgan fingerprint density at radius 1 is 1.44 bits per heavy atom. The Morgan fingerprint density at radius 3 is 2.69 bits per heavy atom. The zero-order valence-electron chi connectivity index (χ0n) is 10.2. The Morgan fingerprint density at radius 2 is 2.12 bits per heavy atom. The molecule has 2 atom stereocenters. The molecule has 1 heterocycles. The van der Waals surface area contributed by atoms with Gasteiger partial charge in [0.25, 0.3) is 0 Å². The number of methoxy groups -OCH3 is 1. The molecule has 1 aliphatic heterocycles. The number of ether oxygens (including phenoxy) is 1. The van der Waals surface area contributed by atoms with Crippen molar-refractivity contribution in [2.24, 2.45) is 0 Å². The standard InChI is InChI=1S/C11H20N2O3/c1-8(10(14)12-2)13-7-5-4-6-9(13)11(15)16-3/h8-9H,4-7H2,1-3H3,(H,12,14)/t8?,9-/m1/s1. The van der Waals surface area contributed by atoms with Crippen LogP contribution in [0.4, 0.5) is 0 Å². The zero-order valence-corrected chi connectivity index (χ0v) is 10.2. The molecule has 16 heavy (non-hydrogen) atoms. The quantitative estimate of drug-likeness (QED) is 0.698. The third kappa shape index (κ3) is 2.72. The second-order valence-electron chi connectivity index (χ2n) is 4.06. The van der Waals surface area contributed by atoms with Crippen molar-refractivity contribution in [2.45, 2.75) is 38.3 Å². The van der Waals surface area contributed by atoms with Crippen molar-refractivity contribution in [1.82, 2.24) is 10.2 Å². The fourth-order valence-electron chi connectivity index (χ4n) is 2.17. The Hall–Kier alpha value is -1.10. The first-order chi connectivity index (χ1) is 7.61. The van der Waals surface area contributed by atoms with Crippen molar-refractivity contribution in [3.63, 3.8) is 0 Å². The minimum absolute atomic E-state index is 0.0594. The van der Waals surface area contributed by atoms with E-state index in [-0.39, 0.29) is 24.0 Å². The largest absolute Gasteiger partial charge is 0.468 e. The van der Waals surface area contributed by atoms with E-state index in [2.05, 4.69) is 5.32 Å². The van der Waals surface area contributed by atoms with E-state index in [0.717, 1.165) is 25.8 Å². The van der Waals surface area contributed by atoms with Gasteiger partial charge in [0.2, 0.25) is 5.91 Å². The number of amides is 1. The molecule has 0 aromatic rings. The van der Waals surface area contributed by atoms with Crippen LogP contribution in [-0.2, 0) is 14.3 Å². The van der Waals surface area contributed by atoms with Crippen LogP contribution >= 0.6 is 0 Å². The summed E-state index contributed by atoms with van der Waals surface area (Å²) in [4.78, 5) is 25.1. The summed E-state index contributed by atoms with van der Waals surface area (Å²) in [5.74, 6) is -0.300. The van der Waals surface area contributed by atoms with Crippen LogP contribution in [0.25, 0.3) is 0 Å². The van der Waals surface area contributed by atoms with Gasteiger partial charge in [-0.05, 0) is 26.3 Å². The second-order valence-corrected chi connectivity index (χ2v) is 4.06. The van der Waals surface area contributed by atoms with Crippen molar-refractivity contribution in [2.75, 3.05) is 20.7 Å². The molecule has 1 saturated heterocycles. The maximum absolute atomic E-state index is 11.6. The number of likely N-dealkylation sites (tertiary alicyclic amines) is 1. The second kappa shape index (κ2) is 5.84. The van der Waals surface area contributed by atoms with E-state index in [0.29, 0.717) is 0 Å². The molecule has 5 heteroatoms. The van der Waals surface area contributed by atoms with Crippen LogP contribution in [-0.4, -0.2) is 49.6 Å². The van der Waals surface area contributed by atoms with E-state index in [1.165, 1.54) is 7.11 Å². The average Bonchev–Trinajstić information content (AvgIpc) is 2.35. The molecule has 0 radical (unpaired) electrons. The number of nitrogens with zero attached hydrogens (tertiary/aromatic N) is 1. The Balaban J connectivity index is 2.73. The number of likely N-dealkylation sites (N-methyl/N-ethyl adjacent to an activating group) is 1. The summed E-state index contributed by atoms with van der Waals surface area (Å²) in [6.45, 7) is 2.59. The molecule has 1 aliphatic rings. The summed E-state index contributed by atoms with van der Waals surface area (Å²) < 4.78 is 4.77. The van der Waals surface area contributed by atoms with E-state index in [1.807, 2.05) is 11.8 Å². The van der Waals surface area contributed by atoms with Crippen molar-refractivity contribution in [1.29, 1.82) is 0 Å². The van der Waals surface area contributed by atoms with Gasteiger partial charge in [0.05, 0.1) is 13.2 Å². The minimum Gasteiger partial charge on any atom is -0.468 e. The molecular weight excluding hydrogens is 208 g/mol. The zero-order chi connectivity index (χ0) is 12.1. The molecule has 0 spiro atoms. The summed E-state index contributed by atoms with van der Waals surface area (Å²) in [5, 5.41) is 2.61. The van der Waals surface area contributed by atoms with Gasteiger partial charge in [0, 0.05) is 7.05 Å². The molecule has 0 saturated carbocycles. The molecule has 0 bridgehead atoms. The fraction of sp³-hybridized carbons (Fsp3) is 0.818. The number of nitrogens with one attached hydrogen (secondary N) is 1. The number of carbonyl (C=O) groups is 2. The molecule has 5 nitrogen and oxygen atoms in total. The third-order valence-electron chi connectivity index (χ3n) is 3.14. The van der Waals surface area contributed by atoms with Crippen LogP contribution in [0.5, 0.6) is 0 Å². The molecule has 92 valence electrons. The van der Waals surface area contributed by atoms with Gasteiger partial charge in [-0.15, -0.1) is 0 Å². The number of esters is 1. The number of hydrogen-bond donors (Lipinski definition) is 1. The molecule has 1 fully saturated rings. The number of rotatable bonds is 3. The maximum Gasteiger partial charge on any atom is 0.323 e. The Labute approximate surface area is 96.1 Å². The number of carbonyl (C=O) groups excluding carboxylic acids is 2. The molecule has 1 unspecified atom stereocenters. The summed E-state index contributed by atoms with van der Waals surface area (Å²) in [7, 11) is 3.00. The van der Waals surface area contributed by atoms with Gasteiger partial charge in [0.15, 0.2) is 0 Å². The summed E-state index contributed by atoms with van der Waals surface area (Å²) in [6, 6.07) is -0.555. The topological polar surface area (TPSA) is 58.6 Å². The first-order valence-electron chi connectivity index (χ1n) is 5.67. The molecular formula is C11H20N2O3. The van der Waals surface area contributed by atoms with Crippen LogP contribution in [0.15, 0.2) is 0 Å². The highest BCUT2D eigenvalue weighted by atomic mass is 16.5. The van der Waals surface area contributed by atoms with E-state index < -0.39 is 0 Å². The Kier molecular flexibility index (Phi) is 4.73. The van der Waals surface area contributed by atoms with Gasteiger partial charge in [-0.2, -0.15) is 0 Å². The smallest absolute Gasteiger partial charge is 0.323 e. The molecule has 0 aromatic heterocycles. The lowest BCUT2D eigenvalue weighted by Crippen LogP contribution is -2.54. The minimum atomic E-state index is -0.283. The molecule has 1 N–H and O–H groups in total. The fourth-order valence-corrected chi connectivity index (χ4v) is 2.17. The van der Waals surface area contributed by atoms with Crippen LogP contribution in [0, 0.1) is 0 Å². The lowest BCUT2D eigenvalue weighted by atomic mass is 10.00. The normalized spacial score (nSPS) is 23.6. The van der Waals surface area contributed by atoms with Gasteiger partial charge in [-0.3, -0.25) is 14.5 Å². The molecule has 1 rings (SSSR count). The maximum atomic E-state index is 11.6. The lowest BCUT2D eigenvalue weighted by molar-refractivity contribution is -0.150. The van der Waals surface area contributed by atoms with Crippen LogP contribution in [0.1, 0.15) is 26.2 Å². The van der Waals surface area contributed by atoms with Gasteiger partial charge in [-0.1, -0.05) is 6.42 Å². The van der Waals surface area contributed by atoms with Crippen molar-refractivity contribution in [3.8, 4) is 0 Å². The van der Waals surface area contributed by atoms with E-state index in [9.17, 15) is 9.59 Å². The molecule has 0 aliphatic carbocycles. The molecule has 1 amide bonds. The van der Waals surface area contributed by atoms with E-state index in [4.69, 9.17) is 4.74 Å². The monoisotopic (exact) mass is 228 g/mol. The van der Waals surface area contributed by atoms with Gasteiger partial charge in [-0.25, -0.2) is 0 Å². The first-order valence-corrected chi connectivity index (χ1v) is 5.67. The van der Waals surface area contributed by atoms with Crippen LogP contribution < -0.4 is 5.32 Å². The van der Waals surface area contributed by atoms with Gasteiger partial charge in [0.1, 0.15) is 6.04 Å². The predicted molar refractivity (Wildman–Crippen MR) is 59.9 cm³/mol.